The van der Waals surface area contributed by atoms with Crippen LogP contribution in [-0.2, 0) is 9.53 Å². The SMILES string of the molecule is Cc1ccc(C)c(-n2nnnc2SCC(=O)OCC(=O)c2c[nH]c3ccccc23)c1. The minimum Gasteiger partial charge on any atom is -0.457 e. The number of aromatic nitrogens is 5. The van der Waals surface area contributed by atoms with Gasteiger partial charge in [0.1, 0.15) is 0 Å². The van der Waals surface area contributed by atoms with Gasteiger partial charge in [-0.25, -0.2) is 0 Å². The number of aryl methyl sites for hydroxylation is 2. The van der Waals surface area contributed by atoms with Crippen LogP contribution >= 0.6 is 11.8 Å². The average Bonchev–Trinajstić information content (AvgIpc) is 3.39. The normalized spacial score (nSPS) is 11.0. The lowest BCUT2D eigenvalue weighted by Crippen LogP contribution is -2.15. The number of tetrazole rings is 1. The summed E-state index contributed by atoms with van der Waals surface area (Å²) in [5.74, 6) is -0.776. The number of esters is 1. The molecule has 0 amide bonds. The summed E-state index contributed by atoms with van der Waals surface area (Å²) in [7, 11) is 0. The van der Waals surface area contributed by atoms with Gasteiger partial charge in [-0.2, -0.15) is 4.68 Å². The van der Waals surface area contributed by atoms with E-state index < -0.39 is 5.97 Å². The number of hydrogen-bond donors (Lipinski definition) is 1. The molecule has 4 aromatic rings. The molecule has 30 heavy (non-hydrogen) atoms. The predicted molar refractivity (Wildman–Crippen MR) is 113 cm³/mol. The van der Waals surface area contributed by atoms with Crippen molar-refractivity contribution in [3.8, 4) is 5.69 Å². The quantitative estimate of drug-likeness (QED) is 0.277. The molecule has 2 aromatic carbocycles. The third-order valence-corrected chi connectivity index (χ3v) is 5.50. The van der Waals surface area contributed by atoms with E-state index in [9.17, 15) is 9.59 Å². The number of carbonyl (C=O) groups excluding carboxylic acids is 2. The van der Waals surface area contributed by atoms with Gasteiger partial charge in [0.2, 0.25) is 10.9 Å². The molecule has 0 saturated carbocycles. The van der Waals surface area contributed by atoms with Crippen LogP contribution < -0.4 is 0 Å². The summed E-state index contributed by atoms with van der Waals surface area (Å²) in [5.41, 5.74) is 4.32. The molecular formula is C21H19N5O3S. The molecule has 0 fully saturated rings. The number of hydrogen-bond acceptors (Lipinski definition) is 7. The number of carbonyl (C=O) groups is 2. The third kappa shape index (κ3) is 4.11. The molecule has 0 aliphatic heterocycles. The standard InChI is InChI=1S/C21H19N5O3S/c1-13-7-8-14(2)18(9-13)26-21(23-24-25-26)30-12-20(28)29-11-19(27)16-10-22-17-6-4-3-5-15(16)17/h3-10,22H,11-12H2,1-2H3. The molecule has 0 aliphatic rings. The van der Waals surface area contributed by atoms with E-state index in [0.29, 0.717) is 10.7 Å². The summed E-state index contributed by atoms with van der Waals surface area (Å²) in [6, 6.07) is 13.5. The van der Waals surface area contributed by atoms with Gasteiger partial charge in [0.05, 0.1) is 11.4 Å². The zero-order valence-corrected chi connectivity index (χ0v) is 17.3. The molecule has 8 nitrogen and oxygen atoms in total. The van der Waals surface area contributed by atoms with Gasteiger partial charge in [0.15, 0.2) is 6.61 Å². The summed E-state index contributed by atoms with van der Waals surface area (Å²) in [6.07, 6.45) is 1.63. The van der Waals surface area contributed by atoms with Crippen molar-refractivity contribution < 1.29 is 14.3 Å². The molecule has 0 spiro atoms. The highest BCUT2D eigenvalue weighted by atomic mass is 32.2. The Morgan fingerprint density at radius 2 is 2.00 bits per heavy atom. The Hall–Kier alpha value is -3.46. The number of rotatable bonds is 7. The van der Waals surface area contributed by atoms with Gasteiger partial charge >= 0.3 is 5.97 Å². The van der Waals surface area contributed by atoms with Crippen molar-refractivity contribution in [2.45, 2.75) is 19.0 Å². The lowest BCUT2D eigenvalue weighted by Gasteiger charge is -2.08. The number of ketones is 1. The zero-order chi connectivity index (χ0) is 21.1. The van der Waals surface area contributed by atoms with E-state index in [4.69, 9.17) is 4.74 Å². The van der Waals surface area contributed by atoms with Crippen molar-refractivity contribution in [2.24, 2.45) is 0 Å². The second-order valence-corrected chi connectivity index (χ2v) is 7.73. The molecule has 2 heterocycles. The Labute approximate surface area is 176 Å². The molecule has 0 atom stereocenters. The maximum Gasteiger partial charge on any atom is 0.316 e. The van der Waals surface area contributed by atoms with Crippen molar-refractivity contribution >= 4 is 34.4 Å². The highest BCUT2D eigenvalue weighted by Crippen LogP contribution is 2.22. The fourth-order valence-corrected chi connectivity index (χ4v) is 3.74. The maximum absolute atomic E-state index is 12.4. The van der Waals surface area contributed by atoms with E-state index in [1.165, 1.54) is 0 Å². The summed E-state index contributed by atoms with van der Waals surface area (Å²) in [5, 5.41) is 13.0. The fourth-order valence-electron chi connectivity index (χ4n) is 3.06. The first-order chi connectivity index (χ1) is 14.5. The van der Waals surface area contributed by atoms with Crippen molar-refractivity contribution in [3.63, 3.8) is 0 Å². The fraction of sp³-hybridized carbons (Fsp3) is 0.190. The van der Waals surface area contributed by atoms with Crippen LogP contribution in [0.5, 0.6) is 0 Å². The van der Waals surface area contributed by atoms with Gasteiger partial charge in [-0.15, -0.1) is 5.10 Å². The molecule has 0 bridgehead atoms. The molecule has 152 valence electrons. The van der Waals surface area contributed by atoms with Crippen LogP contribution in [0.1, 0.15) is 21.5 Å². The van der Waals surface area contributed by atoms with Gasteiger partial charge in [-0.1, -0.05) is 42.1 Å². The predicted octanol–water partition coefficient (Wildman–Crippen LogP) is 3.28. The van der Waals surface area contributed by atoms with E-state index in [-0.39, 0.29) is 18.1 Å². The molecule has 9 heteroatoms. The second-order valence-electron chi connectivity index (χ2n) is 6.78. The first-order valence-corrected chi connectivity index (χ1v) is 10.3. The van der Waals surface area contributed by atoms with Gasteiger partial charge in [-0.05, 0) is 47.5 Å². The van der Waals surface area contributed by atoms with Crippen LogP contribution in [0.4, 0.5) is 0 Å². The Bertz CT molecular complexity index is 1230. The summed E-state index contributed by atoms with van der Waals surface area (Å²) >= 11 is 1.16. The number of Topliss-reactive ketones (excluding diaryl/α,β-unsaturated/α-hetero) is 1. The lowest BCUT2D eigenvalue weighted by molar-refractivity contribution is -0.139. The van der Waals surface area contributed by atoms with Crippen molar-refractivity contribution in [3.05, 3.63) is 65.4 Å². The molecule has 1 N–H and O–H groups in total. The third-order valence-electron chi connectivity index (χ3n) is 4.61. The van der Waals surface area contributed by atoms with Crippen LogP contribution in [0, 0.1) is 13.8 Å². The zero-order valence-electron chi connectivity index (χ0n) is 16.5. The van der Waals surface area contributed by atoms with Crippen LogP contribution in [0.2, 0.25) is 0 Å². The number of benzene rings is 2. The van der Waals surface area contributed by atoms with Crippen LogP contribution in [0.25, 0.3) is 16.6 Å². The summed E-state index contributed by atoms with van der Waals surface area (Å²) < 4.78 is 6.76. The van der Waals surface area contributed by atoms with Crippen molar-refractivity contribution in [1.82, 2.24) is 25.2 Å². The van der Waals surface area contributed by atoms with E-state index in [0.717, 1.165) is 39.5 Å². The summed E-state index contributed by atoms with van der Waals surface area (Å²) in [4.78, 5) is 27.6. The molecule has 0 saturated heterocycles. The van der Waals surface area contributed by atoms with Gasteiger partial charge < -0.3 is 9.72 Å². The molecular weight excluding hydrogens is 402 g/mol. The highest BCUT2D eigenvalue weighted by Gasteiger charge is 2.17. The van der Waals surface area contributed by atoms with Gasteiger partial charge in [0, 0.05) is 22.7 Å². The summed E-state index contributed by atoms with van der Waals surface area (Å²) in [6.45, 7) is 3.64. The number of ether oxygens (including phenoxy) is 1. The highest BCUT2D eigenvalue weighted by molar-refractivity contribution is 7.99. The van der Waals surface area contributed by atoms with Gasteiger partial charge in [0.25, 0.3) is 0 Å². The van der Waals surface area contributed by atoms with Crippen LogP contribution in [0.15, 0.2) is 53.8 Å². The number of para-hydroxylation sites is 1. The largest absolute Gasteiger partial charge is 0.457 e. The first-order valence-electron chi connectivity index (χ1n) is 9.26. The molecule has 0 aliphatic carbocycles. The molecule has 4 rings (SSSR count). The van der Waals surface area contributed by atoms with Crippen LogP contribution in [-0.4, -0.2) is 49.3 Å². The number of fused-ring (bicyclic) bond motifs is 1. The Morgan fingerprint density at radius 1 is 1.17 bits per heavy atom. The van der Waals surface area contributed by atoms with E-state index in [1.807, 2.05) is 56.3 Å². The monoisotopic (exact) mass is 421 g/mol. The lowest BCUT2D eigenvalue weighted by atomic mass is 10.1. The Morgan fingerprint density at radius 3 is 2.87 bits per heavy atom. The number of nitrogens with zero attached hydrogens (tertiary/aromatic N) is 4. The Kier molecular flexibility index (Phi) is 5.62. The average molecular weight is 421 g/mol. The topological polar surface area (TPSA) is 103 Å². The molecule has 2 aromatic heterocycles. The number of aromatic amines is 1. The minimum absolute atomic E-state index is 0.00754. The Balaban J connectivity index is 1.36. The molecule has 0 unspecified atom stereocenters. The van der Waals surface area contributed by atoms with Crippen LogP contribution in [0.3, 0.4) is 0 Å². The first kappa shape index (κ1) is 19.8. The maximum atomic E-state index is 12.4. The van der Waals surface area contributed by atoms with E-state index in [2.05, 4.69) is 20.5 Å². The number of thioether (sulfide) groups is 1. The molecule has 0 radical (unpaired) electrons. The minimum atomic E-state index is -0.510. The van der Waals surface area contributed by atoms with E-state index in [1.54, 1.807) is 10.9 Å². The van der Waals surface area contributed by atoms with Crippen molar-refractivity contribution in [1.29, 1.82) is 0 Å². The van der Waals surface area contributed by atoms with E-state index >= 15 is 0 Å². The smallest absolute Gasteiger partial charge is 0.316 e. The number of nitrogens with one attached hydrogen (secondary N) is 1. The van der Waals surface area contributed by atoms with Gasteiger partial charge in [-0.3, -0.25) is 9.59 Å². The van der Waals surface area contributed by atoms with Crippen molar-refractivity contribution in [2.75, 3.05) is 12.4 Å². The number of H-pyrrole nitrogens is 1. The second kappa shape index (κ2) is 8.50.